The maximum Gasteiger partial charge on any atom is 0.306 e. The summed E-state index contributed by atoms with van der Waals surface area (Å²) in [5.41, 5.74) is 1.32. The van der Waals surface area contributed by atoms with E-state index in [-0.39, 0.29) is 17.8 Å². The third-order valence-electron chi connectivity index (χ3n) is 4.90. The van der Waals surface area contributed by atoms with E-state index in [2.05, 4.69) is 25.3 Å². The highest BCUT2D eigenvalue weighted by Crippen LogP contribution is 2.30. The summed E-state index contributed by atoms with van der Waals surface area (Å²) in [5, 5.41) is 13.4. The summed E-state index contributed by atoms with van der Waals surface area (Å²) in [5.74, 6) is -1.17. The standard InChI is InChI=1S/C18H17ClFN5O2/c19-10-5-12-13(7-22-15(12)21-6-10)16-23-8-14(20)17(25-16)24-11-3-1-9(2-4-11)18(26)27/h5-9,11H,1-4H2,(H,21,22)(H,26,27)(H,23,24,25)/t9-,11+. The van der Waals surface area contributed by atoms with Gasteiger partial charge in [0.25, 0.3) is 0 Å². The van der Waals surface area contributed by atoms with Crippen LogP contribution in [0.5, 0.6) is 0 Å². The summed E-state index contributed by atoms with van der Waals surface area (Å²) in [7, 11) is 0. The molecule has 1 aliphatic rings. The number of carboxylic acids is 1. The molecule has 0 bridgehead atoms. The molecule has 3 aromatic rings. The molecule has 27 heavy (non-hydrogen) atoms. The second-order valence-corrected chi connectivity index (χ2v) is 7.11. The van der Waals surface area contributed by atoms with Crippen molar-refractivity contribution in [2.45, 2.75) is 31.7 Å². The lowest BCUT2D eigenvalue weighted by atomic mass is 9.86. The zero-order chi connectivity index (χ0) is 19.0. The van der Waals surface area contributed by atoms with Crippen molar-refractivity contribution in [1.29, 1.82) is 0 Å². The highest BCUT2D eigenvalue weighted by Gasteiger charge is 2.26. The van der Waals surface area contributed by atoms with Gasteiger partial charge in [-0.25, -0.2) is 19.3 Å². The first kappa shape index (κ1) is 17.7. The van der Waals surface area contributed by atoms with E-state index < -0.39 is 11.8 Å². The summed E-state index contributed by atoms with van der Waals surface area (Å²) in [4.78, 5) is 26.7. The zero-order valence-electron chi connectivity index (χ0n) is 14.2. The van der Waals surface area contributed by atoms with Crippen LogP contribution in [0.2, 0.25) is 5.02 Å². The molecule has 0 saturated heterocycles. The Morgan fingerprint density at radius 2 is 2.04 bits per heavy atom. The van der Waals surface area contributed by atoms with Gasteiger partial charge >= 0.3 is 5.97 Å². The largest absolute Gasteiger partial charge is 0.481 e. The Labute approximate surface area is 159 Å². The second kappa shape index (κ2) is 7.11. The van der Waals surface area contributed by atoms with Crippen molar-refractivity contribution in [2.75, 3.05) is 5.32 Å². The summed E-state index contributed by atoms with van der Waals surface area (Å²) in [6, 6.07) is 1.74. The molecule has 0 amide bonds. The molecule has 0 spiro atoms. The Balaban J connectivity index is 1.58. The molecular formula is C18H17ClFN5O2. The van der Waals surface area contributed by atoms with Crippen molar-refractivity contribution >= 4 is 34.4 Å². The molecule has 0 atom stereocenters. The van der Waals surface area contributed by atoms with Gasteiger partial charge in [0, 0.05) is 29.4 Å². The monoisotopic (exact) mass is 389 g/mol. The third kappa shape index (κ3) is 3.57. The molecule has 0 unspecified atom stereocenters. The van der Waals surface area contributed by atoms with Crippen LogP contribution >= 0.6 is 11.6 Å². The smallest absolute Gasteiger partial charge is 0.306 e. The minimum absolute atomic E-state index is 0.0167. The number of H-pyrrole nitrogens is 1. The van der Waals surface area contributed by atoms with Crippen molar-refractivity contribution in [1.82, 2.24) is 19.9 Å². The molecule has 3 aromatic heterocycles. The Morgan fingerprint density at radius 1 is 1.26 bits per heavy atom. The average molecular weight is 390 g/mol. The molecule has 4 rings (SSSR count). The van der Waals surface area contributed by atoms with Gasteiger partial charge in [-0.3, -0.25) is 4.79 Å². The van der Waals surface area contributed by atoms with Crippen LogP contribution in [0.1, 0.15) is 25.7 Å². The zero-order valence-corrected chi connectivity index (χ0v) is 15.0. The topological polar surface area (TPSA) is 104 Å². The van der Waals surface area contributed by atoms with Crippen LogP contribution in [-0.4, -0.2) is 37.1 Å². The van der Waals surface area contributed by atoms with E-state index in [4.69, 9.17) is 16.7 Å². The van der Waals surface area contributed by atoms with Gasteiger partial charge in [0.1, 0.15) is 5.65 Å². The number of aromatic amines is 1. The fraction of sp³-hybridized carbons (Fsp3) is 0.333. The lowest BCUT2D eigenvalue weighted by Crippen LogP contribution is -2.30. The lowest BCUT2D eigenvalue weighted by molar-refractivity contribution is -0.142. The first-order chi connectivity index (χ1) is 13.0. The first-order valence-corrected chi connectivity index (χ1v) is 9.04. The lowest BCUT2D eigenvalue weighted by Gasteiger charge is -2.27. The average Bonchev–Trinajstić information content (AvgIpc) is 3.07. The number of hydrogen-bond acceptors (Lipinski definition) is 5. The number of aliphatic carboxylic acids is 1. The van der Waals surface area contributed by atoms with Gasteiger partial charge in [0.05, 0.1) is 17.1 Å². The van der Waals surface area contributed by atoms with Crippen molar-refractivity contribution in [2.24, 2.45) is 5.92 Å². The van der Waals surface area contributed by atoms with E-state index in [0.717, 1.165) is 11.6 Å². The second-order valence-electron chi connectivity index (χ2n) is 6.67. The number of nitrogens with one attached hydrogen (secondary N) is 2. The van der Waals surface area contributed by atoms with E-state index >= 15 is 0 Å². The molecule has 1 saturated carbocycles. The van der Waals surface area contributed by atoms with E-state index in [1.807, 2.05) is 0 Å². The number of aromatic nitrogens is 4. The summed E-state index contributed by atoms with van der Waals surface area (Å²) in [6.07, 6.45) is 6.83. The number of rotatable bonds is 4. The molecule has 0 radical (unpaired) electrons. The fourth-order valence-electron chi connectivity index (χ4n) is 3.44. The molecule has 140 valence electrons. The van der Waals surface area contributed by atoms with Crippen LogP contribution < -0.4 is 5.32 Å². The van der Waals surface area contributed by atoms with Crippen LogP contribution in [0, 0.1) is 11.7 Å². The normalized spacial score (nSPS) is 19.9. The summed E-state index contributed by atoms with van der Waals surface area (Å²) < 4.78 is 14.2. The Kier molecular flexibility index (Phi) is 4.65. The predicted octanol–water partition coefficient (Wildman–Crippen LogP) is 3.87. The van der Waals surface area contributed by atoms with E-state index in [1.54, 1.807) is 12.3 Å². The van der Waals surface area contributed by atoms with Gasteiger partial charge in [0.2, 0.25) is 0 Å². The Morgan fingerprint density at radius 3 is 2.78 bits per heavy atom. The highest BCUT2D eigenvalue weighted by atomic mass is 35.5. The number of carboxylic acid groups (broad SMARTS) is 1. The van der Waals surface area contributed by atoms with Crippen LogP contribution in [-0.2, 0) is 4.79 Å². The maximum absolute atomic E-state index is 14.2. The van der Waals surface area contributed by atoms with Crippen molar-refractivity contribution in [3.63, 3.8) is 0 Å². The van der Waals surface area contributed by atoms with Crippen LogP contribution in [0.25, 0.3) is 22.4 Å². The summed E-state index contributed by atoms with van der Waals surface area (Å²) >= 11 is 6.02. The molecule has 3 heterocycles. The van der Waals surface area contributed by atoms with E-state index in [1.165, 1.54) is 6.20 Å². The predicted molar refractivity (Wildman–Crippen MR) is 99.1 cm³/mol. The van der Waals surface area contributed by atoms with Crippen molar-refractivity contribution in [3.8, 4) is 11.4 Å². The van der Waals surface area contributed by atoms with Gasteiger partial charge < -0.3 is 15.4 Å². The van der Waals surface area contributed by atoms with Gasteiger partial charge in [-0.2, -0.15) is 0 Å². The number of fused-ring (bicyclic) bond motifs is 1. The van der Waals surface area contributed by atoms with Crippen LogP contribution in [0.3, 0.4) is 0 Å². The minimum atomic E-state index is -0.768. The van der Waals surface area contributed by atoms with E-state index in [9.17, 15) is 9.18 Å². The molecular weight excluding hydrogens is 373 g/mol. The molecule has 0 aliphatic heterocycles. The fourth-order valence-corrected chi connectivity index (χ4v) is 3.60. The Hall–Kier alpha value is -2.74. The van der Waals surface area contributed by atoms with Crippen molar-refractivity contribution in [3.05, 3.63) is 35.5 Å². The molecule has 9 heteroatoms. The minimum Gasteiger partial charge on any atom is -0.481 e. The van der Waals surface area contributed by atoms with Gasteiger partial charge in [0.15, 0.2) is 17.5 Å². The van der Waals surface area contributed by atoms with Crippen LogP contribution in [0.4, 0.5) is 10.2 Å². The van der Waals surface area contributed by atoms with Crippen LogP contribution in [0.15, 0.2) is 24.7 Å². The number of pyridine rings is 1. The van der Waals surface area contributed by atoms with Gasteiger partial charge in [-0.15, -0.1) is 0 Å². The third-order valence-corrected chi connectivity index (χ3v) is 5.11. The number of nitrogens with zero attached hydrogens (tertiary/aromatic N) is 3. The molecule has 1 aliphatic carbocycles. The number of carbonyl (C=O) groups is 1. The molecule has 3 N–H and O–H groups in total. The van der Waals surface area contributed by atoms with Gasteiger partial charge in [-0.1, -0.05) is 11.6 Å². The summed E-state index contributed by atoms with van der Waals surface area (Å²) in [6.45, 7) is 0. The number of hydrogen-bond donors (Lipinski definition) is 3. The molecule has 0 aromatic carbocycles. The maximum atomic E-state index is 14.2. The molecule has 1 fully saturated rings. The van der Waals surface area contributed by atoms with Gasteiger partial charge in [-0.05, 0) is 31.7 Å². The highest BCUT2D eigenvalue weighted by molar-refractivity contribution is 6.31. The quantitative estimate of drug-likeness (QED) is 0.625. The SMILES string of the molecule is O=C(O)[C@H]1CC[C@@H](Nc2nc(-c3c[nH]c4ncc(Cl)cc34)ncc2F)CC1. The Bertz CT molecular complexity index is 1000. The number of anilines is 1. The number of halogens is 2. The first-order valence-electron chi connectivity index (χ1n) is 8.66. The van der Waals surface area contributed by atoms with E-state index in [0.29, 0.717) is 47.7 Å². The molecule has 7 nitrogen and oxygen atoms in total. The van der Waals surface area contributed by atoms with Crippen molar-refractivity contribution < 1.29 is 14.3 Å².